The summed E-state index contributed by atoms with van der Waals surface area (Å²) in [6, 6.07) is 0. The molecule has 4 aliphatic carbocycles. The van der Waals surface area contributed by atoms with Crippen molar-refractivity contribution in [2.24, 2.45) is 11.8 Å². The summed E-state index contributed by atoms with van der Waals surface area (Å²) in [5, 5.41) is 0. The quantitative estimate of drug-likeness (QED) is 0.793. The molecule has 4 bridgehead atoms. The van der Waals surface area contributed by atoms with Crippen molar-refractivity contribution in [2.75, 3.05) is 6.26 Å². The smallest absolute Gasteiger partial charge is 0.209 e. The van der Waals surface area contributed by atoms with Crippen LogP contribution in [0.5, 0.6) is 0 Å². The molecule has 5 heteroatoms. The van der Waals surface area contributed by atoms with Crippen molar-refractivity contribution < 1.29 is 8.42 Å². The summed E-state index contributed by atoms with van der Waals surface area (Å²) in [6.45, 7) is 0. The third-order valence-electron chi connectivity index (χ3n) is 4.39. The molecule has 0 aromatic carbocycles. The molecule has 3 nitrogen and oxygen atoms in total. The Morgan fingerprint density at radius 3 is 2.19 bits per heavy atom. The van der Waals surface area contributed by atoms with Gasteiger partial charge >= 0.3 is 0 Å². The van der Waals surface area contributed by atoms with Gasteiger partial charge in [0.15, 0.2) is 0 Å². The van der Waals surface area contributed by atoms with Gasteiger partial charge in [0.05, 0.1) is 6.26 Å². The lowest BCUT2D eigenvalue weighted by Crippen LogP contribution is -2.63. The van der Waals surface area contributed by atoms with Crippen LogP contribution < -0.4 is 4.72 Å². The van der Waals surface area contributed by atoms with Crippen LogP contribution in [0.4, 0.5) is 0 Å². The van der Waals surface area contributed by atoms with Gasteiger partial charge in [-0.25, -0.2) is 13.1 Å². The van der Waals surface area contributed by atoms with Crippen molar-refractivity contribution in [3.63, 3.8) is 0 Å². The standard InChI is InChI=1S/C11H18BrNO2S/c1-16(14,15)13-11-5-8-2-9(6-11)4-10(12,3-8)7-11/h8-9,13H,2-7H2,1H3. The topological polar surface area (TPSA) is 46.2 Å². The third-order valence-corrected chi connectivity index (χ3v) is 6.12. The van der Waals surface area contributed by atoms with Crippen molar-refractivity contribution in [3.05, 3.63) is 0 Å². The number of hydrogen-bond acceptors (Lipinski definition) is 2. The second-order valence-electron chi connectivity index (χ2n) is 6.27. The maximum absolute atomic E-state index is 11.5. The van der Waals surface area contributed by atoms with Gasteiger partial charge in [0, 0.05) is 9.86 Å². The van der Waals surface area contributed by atoms with E-state index in [0.717, 1.165) is 31.1 Å². The van der Waals surface area contributed by atoms with Crippen LogP contribution in [0.3, 0.4) is 0 Å². The Bertz CT molecular complexity index is 406. The first kappa shape index (κ1) is 11.5. The number of nitrogens with one attached hydrogen (secondary N) is 1. The summed E-state index contributed by atoms with van der Waals surface area (Å²) in [7, 11) is -3.08. The van der Waals surface area contributed by atoms with Gasteiger partial charge in [-0.05, 0) is 50.4 Å². The van der Waals surface area contributed by atoms with Crippen LogP contribution >= 0.6 is 15.9 Å². The molecule has 2 unspecified atom stereocenters. The highest BCUT2D eigenvalue weighted by molar-refractivity contribution is 9.10. The first-order chi connectivity index (χ1) is 7.28. The molecule has 0 radical (unpaired) electrons. The van der Waals surface area contributed by atoms with E-state index in [1.54, 1.807) is 0 Å². The van der Waals surface area contributed by atoms with Crippen LogP contribution in [0.25, 0.3) is 0 Å². The van der Waals surface area contributed by atoms with E-state index in [1.807, 2.05) is 0 Å². The number of alkyl halides is 1. The van der Waals surface area contributed by atoms with Crippen molar-refractivity contribution in [3.8, 4) is 0 Å². The van der Waals surface area contributed by atoms with Gasteiger partial charge < -0.3 is 0 Å². The van der Waals surface area contributed by atoms with Gasteiger partial charge in [-0.2, -0.15) is 0 Å². The Kier molecular flexibility index (Phi) is 2.32. The Morgan fingerprint density at radius 1 is 1.19 bits per heavy atom. The van der Waals surface area contributed by atoms with E-state index in [9.17, 15) is 8.42 Å². The van der Waals surface area contributed by atoms with Crippen LogP contribution in [-0.4, -0.2) is 24.5 Å². The minimum atomic E-state index is -3.08. The Hall–Kier alpha value is 0.390. The first-order valence-electron chi connectivity index (χ1n) is 5.96. The fourth-order valence-electron chi connectivity index (χ4n) is 4.66. The molecule has 4 fully saturated rings. The van der Waals surface area contributed by atoms with E-state index in [1.165, 1.54) is 25.5 Å². The summed E-state index contributed by atoms with van der Waals surface area (Å²) >= 11 is 3.87. The molecule has 0 saturated heterocycles. The van der Waals surface area contributed by atoms with E-state index in [2.05, 4.69) is 20.7 Å². The fraction of sp³-hybridized carbons (Fsp3) is 1.00. The van der Waals surface area contributed by atoms with Crippen molar-refractivity contribution in [1.29, 1.82) is 0 Å². The number of halogens is 1. The molecule has 0 aromatic heterocycles. The monoisotopic (exact) mass is 307 g/mol. The summed E-state index contributed by atoms with van der Waals surface area (Å²) in [5.41, 5.74) is -0.138. The highest BCUT2D eigenvalue weighted by Gasteiger charge is 2.57. The minimum Gasteiger partial charge on any atom is -0.213 e. The normalized spacial score (nSPS) is 50.9. The second-order valence-corrected chi connectivity index (χ2v) is 9.70. The zero-order valence-corrected chi connectivity index (χ0v) is 11.9. The third kappa shape index (κ3) is 1.95. The van der Waals surface area contributed by atoms with E-state index in [4.69, 9.17) is 0 Å². The predicted molar refractivity (Wildman–Crippen MR) is 67.1 cm³/mol. The van der Waals surface area contributed by atoms with Gasteiger partial charge in [0.1, 0.15) is 0 Å². The molecule has 2 atom stereocenters. The van der Waals surface area contributed by atoms with Crippen LogP contribution in [0.1, 0.15) is 38.5 Å². The molecule has 0 heterocycles. The minimum absolute atomic E-state index is 0.138. The molecule has 0 spiro atoms. The molecule has 0 amide bonds. The lowest BCUT2D eigenvalue weighted by atomic mass is 9.53. The van der Waals surface area contributed by atoms with Gasteiger partial charge in [-0.1, -0.05) is 15.9 Å². The molecule has 4 saturated carbocycles. The predicted octanol–water partition coefficient (Wildman–Crippen LogP) is 2.02. The van der Waals surface area contributed by atoms with Gasteiger partial charge in [-0.3, -0.25) is 0 Å². The largest absolute Gasteiger partial charge is 0.213 e. The van der Waals surface area contributed by atoms with E-state index in [-0.39, 0.29) is 9.86 Å². The lowest BCUT2D eigenvalue weighted by Gasteiger charge is -2.60. The summed E-state index contributed by atoms with van der Waals surface area (Å²) < 4.78 is 26.1. The fourth-order valence-corrected chi connectivity index (χ4v) is 7.14. The van der Waals surface area contributed by atoms with Crippen LogP contribution in [0.2, 0.25) is 0 Å². The van der Waals surface area contributed by atoms with Crippen molar-refractivity contribution in [1.82, 2.24) is 4.72 Å². The average molecular weight is 308 g/mol. The van der Waals surface area contributed by atoms with Crippen molar-refractivity contribution in [2.45, 2.75) is 48.4 Å². The lowest BCUT2D eigenvalue weighted by molar-refractivity contribution is 0.0115. The zero-order valence-electron chi connectivity index (χ0n) is 9.50. The molecule has 92 valence electrons. The Morgan fingerprint density at radius 2 is 1.75 bits per heavy atom. The summed E-state index contributed by atoms with van der Waals surface area (Å²) in [6.07, 6.45) is 8.12. The molecule has 1 N–H and O–H groups in total. The number of hydrogen-bond donors (Lipinski definition) is 1. The number of sulfonamides is 1. The molecule has 16 heavy (non-hydrogen) atoms. The SMILES string of the molecule is CS(=O)(=O)NC12CC3CC(CC(Br)(C3)C1)C2. The van der Waals surface area contributed by atoms with Crippen LogP contribution in [-0.2, 0) is 10.0 Å². The summed E-state index contributed by atoms with van der Waals surface area (Å²) in [4.78, 5) is 0. The molecule has 0 aliphatic heterocycles. The molecule has 4 rings (SSSR count). The zero-order chi connectivity index (χ0) is 11.6. The van der Waals surface area contributed by atoms with Crippen molar-refractivity contribution >= 4 is 26.0 Å². The highest BCUT2D eigenvalue weighted by Crippen LogP contribution is 2.60. The summed E-state index contributed by atoms with van der Waals surface area (Å²) in [5.74, 6) is 1.43. The Balaban J connectivity index is 1.92. The highest BCUT2D eigenvalue weighted by atomic mass is 79.9. The van der Waals surface area contributed by atoms with Gasteiger partial charge in [0.25, 0.3) is 0 Å². The van der Waals surface area contributed by atoms with E-state index in [0.29, 0.717) is 0 Å². The van der Waals surface area contributed by atoms with Crippen LogP contribution in [0.15, 0.2) is 0 Å². The average Bonchev–Trinajstić information content (AvgIpc) is 1.91. The Labute approximate surface area is 106 Å². The first-order valence-corrected chi connectivity index (χ1v) is 8.64. The van der Waals surface area contributed by atoms with Crippen LogP contribution in [0, 0.1) is 11.8 Å². The maximum atomic E-state index is 11.5. The number of rotatable bonds is 2. The molecular formula is C11H18BrNO2S. The van der Waals surface area contributed by atoms with E-state index >= 15 is 0 Å². The molecular weight excluding hydrogens is 290 g/mol. The second kappa shape index (κ2) is 3.23. The maximum Gasteiger partial charge on any atom is 0.209 e. The van der Waals surface area contributed by atoms with E-state index < -0.39 is 10.0 Å². The van der Waals surface area contributed by atoms with Gasteiger partial charge in [-0.15, -0.1) is 0 Å². The van der Waals surface area contributed by atoms with Gasteiger partial charge in [0.2, 0.25) is 10.0 Å². The molecule has 0 aromatic rings. The molecule has 4 aliphatic rings.